The van der Waals surface area contributed by atoms with Gasteiger partial charge in [-0.2, -0.15) is 0 Å². The molecule has 0 saturated heterocycles. The van der Waals surface area contributed by atoms with E-state index in [9.17, 15) is 5.11 Å². The lowest BCUT2D eigenvalue weighted by molar-refractivity contribution is 0.111. The van der Waals surface area contributed by atoms with Crippen LogP contribution in [0.1, 0.15) is 48.5 Å². The van der Waals surface area contributed by atoms with Crippen molar-refractivity contribution in [1.82, 2.24) is 0 Å². The highest BCUT2D eigenvalue weighted by molar-refractivity contribution is 5.29. The third-order valence-corrected chi connectivity index (χ3v) is 4.42. The highest BCUT2D eigenvalue weighted by atomic mass is 16.3. The van der Waals surface area contributed by atoms with E-state index in [1.165, 1.54) is 36.8 Å². The molecule has 1 unspecified atom stereocenters. The Kier molecular flexibility index (Phi) is 4.17. The lowest BCUT2D eigenvalue weighted by Crippen LogP contribution is -2.08. The monoisotopic (exact) mass is 266 g/mol. The Morgan fingerprint density at radius 1 is 0.850 bits per heavy atom. The zero-order valence-corrected chi connectivity index (χ0v) is 11.8. The van der Waals surface area contributed by atoms with Crippen LogP contribution in [-0.4, -0.2) is 5.11 Å². The summed E-state index contributed by atoms with van der Waals surface area (Å²) >= 11 is 0. The summed E-state index contributed by atoms with van der Waals surface area (Å²) in [6.07, 6.45) is 5.57. The minimum Gasteiger partial charge on any atom is -0.388 e. The largest absolute Gasteiger partial charge is 0.388 e. The molecule has 1 fully saturated rings. The third kappa shape index (κ3) is 3.10. The Bertz CT molecular complexity index is 523. The zero-order chi connectivity index (χ0) is 13.8. The van der Waals surface area contributed by atoms with Gasteiger partial charge in [-0.3, -0.25) is 0 Å². The average Bonchev–Trinajstić information content (AvgIpc) is 3.03. The van der Waals surface area contributed by atoms with Crippen LogP contribution in [0.5, 0.6) is 0 Å². The van der Waals surface area contributed by atoms with E-state index in [2.05, 4.69) is 48.5 Å². The lowest BCUT2D eigenvalue weighted by Gasteiger charge is -2.18. The Labute approximate surface area is 121 Å². The molecular formula is C19H22O. The molecule has 1 N–H and O–H groups in total. The minimum atomic E-state index is -0.275. The van der Waals surface area contributed by atoms with E-state index in [0.29, 0.717) is 5.92 Å². The summed E-state index contributed by atoms with van der Waals surface area (Å²) in [5.41, 5.74) is 3.71. The molecule has 2 aromatic carbocycles. The molecule has 0 spiro atoms. The van der Waals surface area contributed by atoms with E-state index >= 15 is 0 Å². The Morgan fingerprint density at radius 3 is 2.10 bits per heavy atom. The van der Waals surface area contributed by atoms with Crippen LogP contribution in [0, 0.1) is 5.92 Å². The van der Waals surface area contributed by atoms with Crippen LogP contribution >= 0.6 is 0 Å². The van der Waals surface area contributed by atoms with Crippen molar-refractivity contribution in [3.8, 4) is 0 Å². The fourth-order valence-electron chi connectivity index (χ4n) is 3.21. The maximum Gasteiger partial charge on any atom is 0.0818 e. The van der Waals surface area contributed by atoms with Crippen LogP contribution in [0.15, 0.2) is 54.6 Å². The first-order chi connectivity index (χ1) is 9.83. The summed E-state index contributed by atoms with van der Waals surface area (Å²) < 4.78 is 0. The van der Waals surface area contributed by atoms with Gasteiger partial charge in [0.25, 0.3) is 0 Å². The standard InChI is InChI=1S/C19H22O/c20-19(17-8-4-5-9-17)18-12-10-16(11-13-18)14-15-6-2-1-3-7-15/h1-3,6-7,10-13,17,19-20H,4-5,8-9,14H2. The van der Waals surface area contributed by atoms with Crippen LogP contribution in [0.25, 0.3) is 0 Å². The summed E-state index contributed by atoms with van der Waals surface area (Å²) in [5, 5.41) is 10.4. The van der Waals surface area contributed by atoms with E-state index in [4.69, 9.17) is 0 Å². The topological polar surface area (TPSA) is 20.2 Å². The average molecular weight is 266 g/mol. The van der Waals surface area contributed by atoms with Crippen molar-refractivity contribution in [2.45, 2.75) is 38.2 Å². The number of hydrogen-bond donors (Lipinski definition) is 1. The molecule has 1 heteroatoms. The summed E-state index contributed by atoms with van der Waals surface area (Å²) in [5.74, 6) is 0.468. The normalized spacial score (nSPS) is 17.2. The molecule has 0 radical (unpaired) electrons. The first kappa shape index (κ1) is 13.4. The molecular weight excluding hydrogens is 244 g/mol. The Balaban J connectivity index is 1.68. The van der Waals surface area contributed by atoms with Crippen LogP contribution in [0.2, 0.25) is 0 Å². The maximum absolute atomic E-state index is 10.4. The summed E-state index contributed by atoms with van der Waals surface area (Å²) in [4.78, 5) is 0. The molecule has 1 atom stereocenters. The second kappa shape index (κ2) is 6.23. The quantitative estimate of drug-likeness (QED) is 0.863. The van der Waals surface area contributed by atoms with Gasteiger partial charge in [0.2, 0.25) is 0 Å². The van der Waals surface area contributed by atoms with Crippen molar-refractivity contribution < 1.29 is 5.11 Å². The molecule has 20 heavy (non-hydrogen) atoms. The van der Waals surface area contributed by atoms with E-state index < -0.39 is 0 Å². The predicted molar refractivity (Wildman–Crippen MR) is 82.6 cm³/mol. The predicted octanol–water partition coefficient (Wildman–Crippen LogP) is 4.50. The second-order valence-corrected chi connectivity index (χ2v) is 5.89. The molecule has 0 bridgehead atoms. The van der Waals surface area contributed by atoms with Gasteiger partial charge >= 0.3 is 0 Å². The van der Waals surface area contributed by atoms with E-state index in [0.717, 1.165) is 12.0 Å². The van der Waals surface area contributed by atoms with Crippen molar-refractivity contribution >= 4 is 0 Å². The molecule has 1 aliphatic rings. The number of benzene rings is 2. The second-order valence-electron chi connectivity index (χ2n) is 5.89. The molecule has 0 aliphatic heterocycles. The van der Waals surface area contributed by atoms with Gasteiger partial charge in [-0.15, -0.1) is 0 Å². The molecule has 0 amide bonds. The molecule has 1 aliphatic carbocycles. The summed E-state index contributed by atoms with van der Waals surface area (Å²) in [6, 6.07) is 19.0. The first-order valence-electron chi connectivity index (χ1n) is 7.64. The molecule has 0 heterocycles. The number of rotatable bonds is 4. The van der Waals surface area contributed by atoms with Gasteiger partial charge in [-0.1, -0.05) is 67.4 Å². The fourth-order valence-corrected chi connectivity index (χ4v) is 3.21. The zero-order valence-electron chi connectivity index (χ0n) is 11.8. The van der Waals surface area contributed by atoms with Gasteiger partial charge in [-0.05, 0) is 41.9 Å². The summed E-state index contributed by atoms with van der Waals surface area (Å²) in [7, 11) is 0. The van der Waals surface area contributed by atoms with Crippen molar-refractivity contribution in [3.05, 3.63) is 71.3 Å². The van der Waals surface area contributed by atoms with Crippen molar-refractivity contribution in [3.63, 3.8) is 0 Å². The van der Waals surface area contributed by atoms with Gasteiger partial charge in [0.1, 0.15) is 0 Å². The van der Waals surface area contributed by atoms with Crippen molar-refractivity contribution in [1.29, 1.82) is 0 Å². The van der Waals surface area contributed by atoms with E-state index in [1.807, 2.05) is 6.07 Å². The molecule has 1 saturated carbocycles. The maximum atomic E-state index is 10.4. The Morgan fingerprint density at radius 2 is 1.45 bits per heavy atom. The van der Waals surface area contributed by atoms with Gasteiger partial charge in [0, 0.05) is 0 Å². The van der Waals surface area contributed by atoms with E-state index in [1.54, 1.807) is 0 Å². The van der Waals surface area contributed by atoms with Gasteiger partial charge in [-0.25, -0.2) is 0 Å². The Hall–Kier alpha value is -1.60. The van der Waals surface area contributed by atoms with Gasteiger partial charge in [0.05, 0.1) is 6.10 Å². The number of aliphatic hydroxyl groups excluding tert-OH is 1. The van der Waals surface area contributed by atoms with Gasteiger partial charge < -0.3 is 5.11 Å². The molecule has 104 valence electrons. The van der Waals surface area contributed by atoms with Crippen LogP contribution in [-0.2, 0) is 6.42 Å². The third-order valence-electron chi connectivity index (χ3n) is 4.42. The minimum absolute atomic E-state index is 0.275. The molecule has 1 nitrogen and oxygen atoms in total. The van der Waals surface area contributed by atoms with Crippen LogP contribution in [0.4, 0.5) is 0 Å². The smallest absolute Gasteiger partial charge is 0.0818 e. The highest BCUT2D eigenvalue weighted by Gasteiger charge is 2.24. The first-order valence-corrected chi connectivity index (χ1v) is 7.64. The number of aliphatic hydroxyl groups is 1. The highest BCUT2D eigenvalue weighted by Crippen LogP contribution is 2.35. The van der Waals surface area contributed by atoms with Crippen LogP contribution < -0.4 is 0 Å². The van der Waals surface area contributed by atoms with Crippen molar-refractivity contribution in [2.24, 2.45) is 5.92 Å². The molecule has 3 rings (SSSR count). The van der Waals surface area contributed by atoms with Crippen molar-refractivity contribution in [2.75, 3.05) is 0 Å². The molecule has 2 aromatic rings. The van der Waals surface area contributed by atoms with E-state index in [-0.39, 0.29) is 6.10 Å². The molecule has 0 aromatic heterocycles. The van der Waals surface area contributed by atoms with Crippen LogP contribution in [0.3, 0.4) is 0 Å². The van der Waals surface area contributed by atoms with Gasteiger partial charge in [0.15, 0.2) is 0 Å². The SMILES string of the molecule is OC(c1ccc(Cc2ccccc2)cc1)C1CCCC1. The fraction of sp³-hybridized carbons (Fsp3) is 0.368. The summed E-state index contributed by atoms with van der Waals surface area (Å²) in [6.45, 7) is 0. The lowest BCUT2D eigenvalue weighted by atomic mass is 9.93. The number of hydrogen-bond acceptors (Lipinski definition) is 1.